The maximum atomic E-state index is 11.5. The second kappa shape index (κ2) is 7.98. The van der Waals surface area contributed by atoms with E-state index in [4.69, 9.17) is 9.47 Å². The highest BCUT2D eigenvalue weighted by atomic mass is 16.5. The first-order valence-corrected chi connectivity index (χ1v) is 10.5. The number of benzene rings is 1. The number of nitrogens with zero attached hydrogens (tertiary/aromatic N) is 4. The zero-order valence-corrected chi connectivity index (χ0v) is 18.5. The molecule has 0 spiro atoms. The van der Waals surface area contributed by atoms with E-state index in [1.165, 1.54) is 6.92 Å². The Morgan fingerprint density at radius 2 is 2.21 bits per heavy atom. The van der Waals surface area contributed by atoms with Crippen LogP contribution < -0.4 is 14.8 Å². The van der Waals surface area contributed by atoms with Gasteiger partial charge in [-0.15, -0.1) is 0 Å². The van der Waals surface area contributed by atoms with Crippen LogP contribution in [0.4, 0.5) is 0 Å². The number of carbonyl (C=O) groups excluding carboxylic acids is 1. The molecule has 1 unspecified atom stereocenters. The Hall–Kier alpha value is -4.32. The minimum Gasteiger partial charge on any atom is -0.497 e. The maximum Gasteiger partial charge on any atom is 0.221 e. The van der Waals surface area contributed by atoms with Crippen molar-refractivity contribution in [2.24, 2.45) is 0 Å². The highest BCUT2D eigenvalue weighted by Crippen LogP contribution is 2.44. The first-order chi connectivity index (χ1) is 16.0. The zero-order valence-electron chi connectivity index (χ0n) is 18.5. The standard InChI is InChI=1S/C24H22N6O3/c1-13-20(24-30(29-13)11-16(12-33-24)27-14(2)31)22-21(18-5-4-8-26-23(18)28-22)19-9-17(32-3)7-6-15(19)10-25/h4-9,16H,11-12H2,1-3H3,(H,26,28)(H,27,31). The first kappa shape index (κ1) is 20.6. The van der Waals surface area contributed by atoms with Crippen LogP contribution in [0.25, 0.3) is 33.4 Å². The van der Waals surface area contributed by atoms with Crippen molar-refractivity contribution in [2.75, 3.05) is 13.7 Å². The topological polar surface area (TPSA) is 118 Å². The lowest BCUT2D eigenvalue weighted by molar-refractivity contribution is -0.120. The SMILES string of the molecule is COc1ccc(C#N)c(-c2c(-c3c(C)nn4c3OCC(NC(C)=O)C4)[nH]c3ncccc23)c1. The third-order valence-electron chi connectivity index (χ3n) is 5.74. The summed E-state index contributed by atoms with van der Waals surface area (Å²) in [6.45, 7) is 4.25. The van der Waals surface area contributed by atoms with Crippen LogP contribution in [-0.2, 0) is 11.3 Å². The molecule has 0 saturated heterocycles. The Labute approximate surface area is 190 Å². The Morgan fingerprint density at radius 1 is 1.36 bits per heavy atom. The predicted octanol–water partition coefficient (Wildman–Crippen LogP) is 3.18. The highest BCUT2D eigenvalue weighted by molar-refractivity contribution is 6.04. The van der Waals surface area contributed by atoms with Gasteiger partial charge in [0.1, 0.15) is 18.0 Å². The van der Waals surface area contributed by atoms with Crippen molar-refractivity contribution in [1.82, 2.24) is 25.1 Å². The third-order valence-corrected chi connectivity index (χ3v) is 5.74. The molecule has 1 aliphatic heterocycles. The van der Waals surface area contributed by atoms with Crippen molar-refractivity contribution in [1.29, 1.82) is 5.26 Å². The fraction of sp³-hybridized carbons (Fsp3) is 0.250. The number of nitrogens with one attached hydrogen (secondary N) is 2. The molecule has 1 amide bonds. The van der Waals surface area contributed by atoms with Crippen LogP contribution in [0.2, 0.25) is 0 Å². The lowest BCUT2D eigenvalue weighted by atomic mass is 9.95. The van der Waals surface area contributed by atoms with Crippen molar-refractivity contribution in [3.63, 3.8) is 0 Å². The Morgan fingerprint density at radius 3 is 2.97 bits per heavy atom. The van der Waals surface area contributed by atoms with Crippen LogP contribution in [0.1, 0.15) is 18.2 Å². The van der Waals surface area contributed by atoms with Crippen LogP contribution in [0, 0.1) is 18.3 Å². The second-order valence-corrected chi connectivity index (χ2v) is 7.95. The number of methoxy groups -OCH3 is 1. The summed E-state index contributed by atoms with van der Waals surface area (Å²) in [4.78, 5) is 19.4. The first-order valence-electron chi connectivity index (χ1n) is 10.5. The van der Waals surface area contributed by atoms with Crippen molar-refractivity contribution in [3.8, 4) is 40.1 Å². The Balaban J connectivity index is 1.74. The molecular weight excluding hydrogens is 420 g/mol. The van der Waals surface area contributed by atoms with Crippen LogP contribution >= 0.6 is 0 Å². The molecule has 0 saturated carbocycles. The van der Waals surface area contributed by atoms with Gasteiger partial charge in [-0.3, -0.25) is 4.79 Å². The molecule has 9 heteroatoms. The fourth-order valence-corrected chi connectivity index (χ4v) is 4.38. The van der Waals surface area contributed by atoms with Gasteiger partial charge in [0.15, 0.2) is 0 Å². The second-order valence-electron chi connectivity index (χ2n) is 7.95. The molecule has 0 radical (unpaired) electrons. The van der Waals surface area contributed by atoms with Gasteiger partial charge in [0.05, 0.1) is 48.3 Å². The van der Waals surface area contributed by atoms with Gasteiger partial charge in [0, 0.05) is 29.6 Å². The van der Waals surface area contributed by atoms with E-state index >= 15 is 0 Å². The van der Waals surface area contributed by atoms with Crippen molar-refractivity contribution in [2.45, 2.75) is 26.4 Å². The number of rotatable bonds is 4. The van der Waals surface area contributed by atoms with E-state index in [1.54, 1.807) is 30.1 Å². The van der Waals surface area contributed by atoms with E-state index in [-0.39, 0.29) is 11.9 Å². The Kier molecular flexibility index (Phi) is 4.98. The molecule has 166 valence electrons. The highest BCUT2D eigenvalue weighted by Gasteiger charge is 2.30. The van der Waals surface area contributed by atoms with Gasteiger partial charge in [0.25, 0.3) is 0 Å². The van der Waals surface area contributed by atoms with Gasteiger partial charge in [-0.25, -0.2) is 9.67 Å². The minimum atomic E-state index is -0.158. The lowest BCUT2D eigenvalue weighted by Crippen LogP contribution is -2.44. The van der Waals surface area contributed by atoms with Crippen LogP contribution in [-0.4, -0.2) is 45.4 Å². The molecule has 0 aliphatic carbocycles. The Bertz CT molecular complexity index is 1430. The molecule has 33 heavy (non-hydrogen) atoms. The summed E-state index contributed by atoms with van der Waals surface area (Å²) in [7, 11) is 1.60. The summed E-state index contributed by atoms with van der Waals surface area (Å²) in [5, 5.41) is 18.3. The van der Waals surface area contributed by atoms with Gasteiger partial charge < -0.3 is 19.8 Å². The summed E-state index contributed by atoms with van der Waals surface area (Å²) >= 11 is 0. The van der Waals surface area contributed by atoms with Crippen LogP contribution in [0.5, 0.6) is 11.6 Å². The number of hydrogen-bond acceptors (Lipinski definition) is 6. The molecular formula is C24H22N6O3. The molecule has 1 aromatic carbocycles. The number of nitriles is 1. The van der Waals surface area contributed by atoms with Crippen molar-refractivity contribution in [3.05, 3.63) is 47.8 Å². The van der Waals surface area contributed by atoms with Crippen molar-refractivity contribution < 1.29 is 14.3 Å². The van der Waals surface area contributed by atoms with Gasteiger partial charge in [-0.05, 0) is 37.3 Å². The summed E-state index contributed by atoms with van der Waals surface area (Å²) in [5.74, 6) is 1.15. The molecule has 2 N–H and O–H groups in total. The summed E-state index contributed by atoms with van der Waals surface area (Å²) in [5.41, 5.74) is 5.12. The summed E-state index contributed by atoms with van der Waals surface area (Å²) in [6.07, 6.45) is 1.72. The number of pyridine rings is 1. The molecule has 0 fully saturated rings. The van der Waals surface area contributed by atoms with E-state index in [9.17, 15) is 10.1 Å². The predicted molar refractivity (Wildman–Crippen MR) is 122 cm³/mol. The average molecular weight is 442 g/mol. The number of aromatic amines is 1. The number of carbonyl (C=O) groups is 1. The number of fused-ring (bicyclic) bond motifs is 2. The number of amides is 1. The largest absolute Gasteiger partial charge is 0.497 e. The summed E-state index contributed by atoms with van der Waals surface area (Å²) < 4.78 is 13.3. The van der Waals surface area contributed by atoms with Crippen molar-refractivity contribution >= 4 is 16.9 Å². The number of aromatic nitrogens is 4. The molecule has 3 aromatic heterocycles. The third kappa shape index (κ3) is 3.46. The molecule has 4 heterocycles. The lowest BCUT2D eigenvalue weighted by Gasteiger charge is -2.25. The quantitative estimate of drug-likeness (QED) is 0.501. The molecule has 4 aromatic rings. The molecule has 9 nitrogen and oxygen atoms in total. The number of H-pyrrole nitrogens is 1. The number of hydrogen-bond donors (Lipinski definition) is 2. The van der Waals surface area contributed by atoms with E-state index < -0.39 is 0 Å². The van der Waals surface area contributed by atoms with E-state index in [1.807, 2.05) is 25.1 Å². The molecule has 1 atom stereocenters. The monoisotopic (exact) mass is 442 g/mol. The van der Waals surface area contributed by atoms with E-state index in [0.717, 1.165) is 33.5 Å². The van der Waals surface area contributed by atoms with Gasteiger partial charge in [-0.1, -0.05) is 0 Å². The van der Waals surface area contributed by atoms with Crippen LogP contribution in [0.15, 0.2) is 36.5 Å². The average Bonchev–Trinajstić information content (AvgIpc) is 3.34. The van der Waals surface area contributed by atoms with E-state index in [0.29, 0.717) is 36.0 Å². The maximum absolute atomic E-state index is 11.5. The smallest absolute Gasteiger partial charge is 0.221 e. The van der Waals surface area contributed by atoms with Gasteiger partial charge >= 0.3 is 0 Å². The zero-order chi connectivity index (χ0) is 23.1. The fourth-order valence-electron chi connectivity index (χ4n) is 4.38. The van der Waals surface area contributed by atoms with Gasteiger partial charge in [0.2, 0.25) is 11.8 Å². The molecule has 0 bridgehead atoms. The minimum absolute atomic E-state index is 0.109. The van der Waals surface area contributed by atoms with E-state index in [2.05, 4.69) is 26.5 Å². The number of ether oxygens (including phenoxy) is 2. The normalized spacial score (nSPS) is 14.9. The summed E-state index contributed by atoms with van der Waals surface area (Å²) in [6, 6.07) is 11.3. The van der Waals surface area contributed by atoms with Gasteiger partial charge in [-0.2, -0.15) is 10.4 Å². The molecule has 1 aliphatic rings. The number of aryl methyl sites for hydroxylation is 1. The molecule has 5 rings (SSSR count). The van der Waals surface area contributed by atoms with Crippen LogP contribution in [0.3, 0.4) is 0 Å².